The van der Waals surface area contributed by atoms with Crippen LogP contribution in [0.3, 0.4) is 0 Å². The molecule has 18 heavy (non-hydrogen) atoms. The van der Waals surface area contributed by atoms with Crippen molar-refractivity contribution in [2.24, 2.45) is 0 Å². The normalized spacial score (nSPS) is 10.9. The van der Waals surface area contributed by atoms with Crippen molar-refractivity contribution in [3.8, 4) is 11.3 Å². The number of nitrogens with zero attached hydrogens (tertiary/aromatic N) is 1. The highest BCUT2D eigenvalue weighted by atomic mass is 79.9. The highest BCUT2D eigenvalue weighted by Crippen LogP contribution is 2.32. The Morgan fingerprint density at radius 1 is 1.33 bits per heavy atom. The van der Waals surface area contributed by atoms with E-state index in [9.17, 15) is 0 Å². The van der Waals surface area contributed by atoms with E-state index in [1.165, 1.54) is 0 Å². The van der Waals surface area contributed by atoms with Gasteiger partial charge in [0.2, 0.25) is 0 Å². The minimum absolute atomic E-state index is 0.163. The van der Waals surface area contributed by atoms with Crippen LogP contribution < -0.4 is 0 Å². The topological polar surface area (TPSA) is 46.3 Å². The lowest BCUT2D eigenvalue weighted by atomic mass is 10.0. The first kappa shape index (κ1) is 13.8. The van der Waals surface area contributed by atoms with E-state index in [1.807, 2.05) is 19.1 Å². The van der Waals surface area contributed by atoms with Crippen LogP contribution in [0.2, 0.25) is 0 Å². The van der Waals surface area contributed by atoms with Crippen LogP contribution in [0.4, 0.5) is 0 Å². The highest BCUT2D eigenvalue weighted by Gasteiger charge is 2.16. The Balaban J connectivity index is 2.40. The zero-order valence-electron chi connectivity index (χ0n) is 9.91. The fraction of sp³-hybridized carbons (Fsp3) is 0.308. The smallest absolute Gasteiger partial charge is 0.171 e. The van der Waals surface area contributed by atoms with Crippen molar-refractivity contribution < 1.29 is 9.63 Å². The second kappa shape index (κ2) is 5.99. The lowest BCUT2D eigenvalue weighted by molar-refractivity contribution is 0.288. The molecule has 0 fully saturated rings. The van der Waals surface area contributed by atoms with Crippen LogP contribution in [-0.4, -0.2) is 16.9 Å². The quantitative estimate of drug-likeness (QED) is 0.876. The van der Waals surface area contributed by atoms with Crippen LogP contribution in [0.1, 0.15) is 17.5 Å². The first-order valence-corrected chi connectivity index (χ1v) is 7.23. The van der Waals surface area contributed by atoms with Gasteiger partial charge in [0.25, 0.3) is 0 Å². The third kappa shape index (κ3) is 2.84. The average molecular weight is 375 g/mol. The third-order valence-electron chi connectivity index (χ3n) is 2.75. The van der Waals surface area contributed by atoms with E-state index in [2.05, 4.69) is 43.1 Å². The van der Waals surface area contributed by atoms with Crippen molar-refractivity contribution in [1.82, 2.24) is 5.16 Å². The Kier molecular flexibility index (Phi) is 4.59. The molecule has 0 saturated carbocycles. The van der Waals surface area contributed by atoms with Crippen molar-refractivity contribution >= 4 is 31.9 Å². The zero-order chi connectivity index (χ0) is 13.1. The molecule has 0 bridgehead atoms. The van der Waals surface area contributed by atoms with Crippen LogP contribution in [0.5, 0.6) is 0 Å². The van der Waals surface area contributed by atoms with Gasteiger partial charge in [0.15, 0.2) is 10.4 Å². The Labute approximate surface area is 122 Å². The number of hydrogen-bond donors (Lipinski definition) is 1. The molecule has 0 spiro atoms. The van der Waals surface area contributed by atoms with Gasteiger partial charge in [0.05, 0.1) is 0 Å². The summed E-state index contributed by atoms with van der Waals surface area (Å²) in [5.41, 5.74) is 3.15. The van der Waals surface area contributed by atoms with Crippen LogP contribution in [0.25, 0.3) is 11.3 Å². The highest BCUT2D eigenvalue weighted by molar-refractivity contribution is 9.10. The molecule has 0 atom stereocenters. The molecule has 0 aliphatic heterocycles. The summed E-state index contributed by atoms with van der Waals surface area (Å²) in [6.07, 6.45) is 1.44. The summed E-state index contributed by atoms with van der Waals surface area (Å²) in [6.45, 7) is 2.20. The van der Waals surface area contributed by atoms with Gasteiger partial charge in [-0.1, -0.05) is 21.1 Å². The SMILES string of the molecule is Cc1cc(-c2onc(Br)c2CCCO)ccc1Br. The van der Waals surface area contributed by atoms with E-state index < -0.39 is 0 Å². The minimum Gasteiger partial charge on any atom is -0.396 e. The predicted molar refractivity (Wildman–Crippen MR) is 77.5 cm³/mol. The largest absolute Gasteiger partial charge is 0.396 e. The molecule has 0 radical (unpaired) electrons. The molecule has 1 aromatic heterocycles. The fourth-order valence-corrected chi connectivity index (χ4v) is 2.47. The van der Waals surface area contributed by atoms with Gasteiger partial charge in [-0.15, -0.1) is 0 Å². The Morgan fingerprint density at radius 3 is 2.78 bits per heavy atom. The molecule has 1 aromatic carbocycles. The van der Waals surface area contributed by atoms with Crippen molar-refractivity contribution in [2.45, 2.75) is 19.8 Å². The molecular formula is C13H13Br2NO2. The number of aliphatic hydroxyl groups is 1. The summed E-state index contributed by atoms with van der Waals surface area (Å²) in [5, 5.41) is 12.9. The summed E-state index contributed by atoms with van der Waals surface area (Å²) in [5.74, 6) is 0.769. The number of aliphatic hydroxyl groups excluding tert-OH is 1. The van der Waals surface area contributed by atoms with Gasteiger partial charge in [-0.3, -0.25) is 0 Å². The van der Waals surface area contributed by atoms with Gasteiger partial charge in [-0.25, -0.2) is 0 Å². The second-order valence-corrected chi connectivity index (χ2v) is 5.68. The predicted octanol–water partition coefficient (Wildman–Crippen LogP) is 4.10. The molecule has 2 aromatic rings. The molecule has 96 valence electrons. The molecule has 3 nitrogen and oxygen atoms in total. The van der Waals surface area contributed by atoms with Crippen molar-refractivity contribution in [3.63, 3.8) is 0 Å². The summed E-state index contributed by atoms with van der Waals surface area (Å²) in [7, 11) is 0. The number of rotatable bonds is 4. The molecule has 0 unspecified atom stereocenters. The molecule has 2 rings (SSSR count). The lowest BCUT2D eigenvalue weighted by Gasteiger charge is -2.04. The van der Waals surface area contributed by atoms with Gasteiger partial charge < -0.3 is 9.63 Å². The van der Waals surface area contributed by atoms with Gasteiger partial charge in [0, 0.05) is 22.2 Å². The maximum absolute atomic E-state index is 8.93. The van der Waals surface area contributed by atoms with Gasteiger partial charge in [0.1, 0.15) is 0 Å². The zero-order valence-corrected chi connectivity index (χ0v) is 13.1. The number of hydrogen-bond acceptors (Lipinski definition) is 3. The summed E-state index contributed by atoms with van der Waals surface area (Å²) >= 11 is 6.86. The monoisotopic (exact) mass is 373 g/mol. The molecule has 0 saturated heterocycles. The fourth-order valence-electron chi connectivity index (χ4n) is 1.77. The summed E-state index contributed by atoms with van der Waals surface area (Å²) in [6, 6.07) is 6.04. The molecule has 0 amide bonds. The van der Waals surface area contributed by atoms with Gasteiger partial charge in [-0.05, 0) is 59.5 Å². The van der Waals surface area contributed by atoms with E-state index in [4.69, 9.17) is 9.63 Å². The lowest BCUT2D eigenvalue weighted by Crippen LogP contribution is -1.91. The van der Waals surface area contributed by atoms with Crippen LogP contribution >= 0.6 is 31.9 Å². The Morgan fingerprint density at radius 2 is 2.11 bits per heavy atom. The van der Waals surface area contributed by atoms with Crippen molar-refractivity contribution in [1.29, 1.82) is 0 Å². The van der Waals surface area contributed by atoms with E-state index >= 15 is 0 Å². The van der Waals surface area contributed by atoms with Crippen LogP contribution in [-0.2, 0) is 6.42 Å². The molecule has 0 aliphatic rings. The van der Waals surface area contributed by atoms with E-state index in [1.54, 1.807) is 0 Å². The maximum atomic E-state index is 8.93. The van der Waals surface area contributed by atoms with Crippen LogP contribution in [0, 0.1) is 6.92 Å². The molecule has 1 heterocycles. The van der Waals surface area contributed by atoms with Gasteiger partial charge >= 0.3 is 0 Å². The Bertz CT molecular complexity index is 552. The molecule has 0 aliphatic carbocycles. The Hall–Kier alpha value is -0.650. The average Bonchev–Trinajstić information content (AvgIpc) is 2.72. The summed E-state index contributed by atoms with van der Waals surface area (Å²) in [4.78, 5) is 0. The van der Waals surface area contributed by atoms with E-state index in [-0.39, 0.29) is 6.61 Å². The molecule has 5 heteroatoms. The molecular weight excluding hydrogens is 362 g/mol. The van der Waals surface area contributed by atoms with Crippen molar-refractivity contribution in [2.75, 3.05) is 6.61 Å². The van der Waals surface area contributed by atoms with Crippen LogP contribution in [0.15, 0.2) is 31.8 Å². The molecule has 1 N–H and O–H groups in total. The number of halogens is 2. The van der Waals surface area contributed by atoms with Gasteiger partial charge in [-0.2, -0.15) is 0 Å². The second-order valence-electron chi connectivity index (χ2n) is 4.07. The number of aryl methyl sites for hydroxylation is 1. The minimum atomic E-state index is 0.163. The third-order valence-corrected chi connectivity index (χ3v) is 4.26. The number of aromatic nitrogens is 1. The van der Waals surface area contributed by atoms with Crippen molar-refractivity contribution in [3.05, 3.63) is 38.4 Å². The first-order valence-electron chi connectivity index (χ1n) is 5.65. The van der Waals surface area contributed by atoms with E-state index in [0.717, 1.165) is 33.3 Å². The summed E-state index contributed by atoms with van der Waals surface area (Å²) < 4.78 is 7.17. The maximum Gasteiger partial charge on any atom is 0.171 e. The standard InChI is InChI=1S/C13H13Br2NO2/c1-8-7-9(4-5-11(8)14)12-10(3-2-6-17)13(15)16-18-12/h4-5,7,17H,2-3,6H2,1H3. The van der Waals surface area contributed by atoms with E-state index in [0.29, 0.717) is 11.0 Å². The first-order chi connectivity index (χ1) is 8.63. The number of benzene rings is 1.